The van der Waals surface area contributed by atoms with E-state index in [-0.39, 0.29) is 24.0 Å². The molecule has 1 amide bonds. The van der Waals surface area contributed by atoms with Crippen LogP contribution in [0.25, 0.3) is 0 Å². The van der Waals surface area contributed by atoms with Gasteiger partial charge >= 0.3 is 0 Å². The van der Waals surface area contributed by atoms with Crippen molar-refractivity contribution in [2.45, 2.75) is 12.8 Å². The van der Waals surface area contributed by atoms with E-state index in [0.717, 1.165) is 17.9 Å². The highest BCUT2D eigenvalue weighted by molar-refractivity contribution is 7.91. The third kappa shape index (κ3) is 5.94. The highest BCUT2D eigenvalue weighted by Gasteiger charge is 2.22. The number of hydrogen-bond donors (Lipinski definition) is 1. The molecule has 1 heterocycles. The fourth-order valence-corrected chi connectivity index (χ4v) is 3.74. The Morgan fingerprint density at radius 2 is 1.82 bits per heavy atom. The Labute approximate surface area is 136 Å². The van der Waals surface area contributed by atoms with Crippen molar-refractivity contribution in [2.75, 3.05) is 37.7 Å². The van der Waals surface area contributed by atoms with Crippen LogP contribution >= 0.6 is 11.6 Å². The molecule has 0 aromatic heterocycles. The summed E-state index contributed by atoms with van der Waals surface area (Å²) in [4.78, 5) is 13.7. The van der Waals surface area contributed by atoms with Crippen LogP contribution in [-0.2, 0) is 21.1 Å². The maximum absolute atomic E-state index is 11.8. The van der Waals surface area contributed by atoms with Gasteiger partial charge in [-0.15, -0.1) is 0 Å². The molecule has 0 atom stereocenters. The Hall–Kier alpha value is -1.11. The van der Waals surface area contributed by atoms with Crippen molar-refractivity contribution < 1.29 is 13.2 Å². The first-order chi connectivity index (χ1) is 10.4. The predicted molar refractivity (Wildman–Crippen MR) is 87.9 cm³/mol. The summed E-state index contributed by atoms with van der Waals surface area (Å²) < 4.78 is 22.6. The molecular weight excluding hydrogens is 324 g/mol. The van der Waals surface area contributed by atoms with Crippen molar-refractivity contribution in [3.8, 4) is 0 Å². The number of hydrogen-bond acceptors (Lipinski definition) is 4. The molecule has 22 heavy (non-hydrogen) atoms. The number of nitrogens with one attached hydrogen (secondary N) is 1. The molecule has 122 valence electrons. The average Bonchev–Trinajstić information content (AvgIpc) is 2.48. The van der Waals surface area contributed by atoms with E-state index in [1.54, 1.807) is 0 Å². The van der Waals surface area contributed by atoms with E-state index in [9.17, 15) is 13.2 Å². The fraction of sp³-hybridized carbons (Fsp3) is 0.533. The van der Waals surface area contributed by atoms with Gasteiger partial charge in [0.25, 0.3) is 0 Å². The molecular formula is C15H21ClN2O3S. The van der Waals surface area contributed by atoms with Gasteiger partial charge in [-0.2, -0.15) is 0 Å². The van der Waals surface area contributed by atoms with Crippen molar-refractivity contribution in [3.05, 3.63) is 34.9 Å². The highest BCUT2D eigenvalue weighted by atomic mass is 35.5. The molecule has 2 rings (SSSR count). The van der Waals surface area contributed by atoms with Crippen molar-refractivity contribution in [1.29, 1.82) is 0 Å². The zero-order chi connectivity index (χ0) is 16.0. The van der Waals surface area contributed by atoms with Crippen molar-refractivity contribution in [2.24, 2.45) is 0 Å². The third-order valence-electron chi connectivity index (χ3n) is 3.68. The normalized spacial score (nSPS) is 18.0. The minimum atomic E-state index is -2.89. The quantitative estimate of drug-likeness (QED) is 0.785. The molecule has 0 aliphatic carbocycles. The SMILES string of the molecule is O=C(CN1CCS(=O)(=O)CC1)NCCCc1ccc(Cl)cc1. The van der Waals surface area contributed by atoms with Crippen LogP contribution in [0.4, 0.5) is 0 Å². The maximum atomic E-state index is 11.8. The van der Waals surface area contributed by atoms with Crippen LogP contribution in [-0.4, -0.2) is 56.9 Å². The maximum Gasteiger partial charge on any atom is 0.234 e. The van der Waals surface area contributed by atoms with Gasteiger partial charge in [-0.25, -0.2) is 8.42 Å². The summed E-state index contributed by atoms with van der Waals surface area (Å²) in [5.74, 6) is 0.253. The van der Waals surface area contributed by atoms with Crippen LogP contribution < -0.4 is 5.32 Å². The second kappa shape index (κ2) is 7.94. The van der Waals surface area contributed by atoms with Crippen LogP contribution in [0.15, 0.2) is 24.3 Å². The molecule has 0 spiro atoms. The van der Waals surface area contributed by atoms with E-state index in [4.69, 9.17) is 11.6 Å². The largest absolute Gasteiger partial charge is 0.355 e. The number of amides is 1. The first-order valence-electron chi connectivity index (χ1n) is 7.38. The van der Waals surface area contributed by atoms with E-state index in [2.05, 4.69) is 5.32 Å². The first kappa shape index (κ1) is 17.2. The molecule has 1 saturated heterocycles. The lowest BCUT2D eigenvalue weighted by Gasteiger charge is -2.25. The molecule has 0 bridgehead atoms. The Balaban J connectivity index is 1.61. The van der Waals surface area contributed by atoms with Gasteiger partial charge < -0.3 is 5.32 Å². The number of carbonyl (C=O) groups is 1. The lowest BCUT2D eigenvalue weighted by atomic mass is 10.1. The van der Waals surface area contributed by atoms with Crippen LogP contribution in [0, 0.1) is 0 Å². The molecule has 1 fully saturated rings. The topological polar surface area (TPSA) is 66.5 Å². The summed E-state index contributed by atoms with van der Waals surface area (Å²) in [5, 5.41) is 3.60. The van der Waals surface area contributed by atoms with Gasteiger partial charge in [0.2, 0.25) is 5.91 Å². The van der Waals surface area contributed by atoms with Gasteiger partial charge in [0, 0.05) is 24.7 Å². The zero-order valence-electron chi connectivity index (χ0n) is 12.4. The summed E-state index contributed by atoms with van der Waals surface area (Å²) in [6.07, 6.45) is 1.75. The molecule has 1 aliphatic rings. The number of halogens is 1. The number of nitrogens with zero attached hydrogens (tertiary/aromatic N) is 1. The lowest BCUT2D eigenvalue weighted by Crippen LogP contribution is -2.45. The fourth-order valence-electron chi connectivity index (χ4n) is 2.34. The first-order valence-corrected chi connectivity index (χ1v) is 9.58. The van der Waals surface area contributed by atoms with Crippen LogP contribution in [0.3, 0.4) is 0 Å². The molecule has 0 radical (unpaired) electrons. The standard InChI is InChI=1S/C15H21ClN2O3S/c16-14-5-3-13(4-6-14)2-1-7-17-15(19)12-18-8-10-22(20,21)11-9-18/h3-6H,1-2,7-12H2,(H,17,19). The summed E-state index contributed by atoms with van der Waals surface area (Å²) in [6, 6.07) is 7.69. The zero-order valence-corrected chi connectivity index (χ0v) is 14.0. The van der Waals surface area contributed by atoms with Crippen LogP contribution in [0.5, 0.6) is 0 Å². The third-order valence-corrected chi connectivity index (χ3v) is 5.54. The molecule has 1 aromatic rings. The van der Waals surface area contributed by atoms with E-state index >= 15 is 0 Å². The number of carbonyl (C=O) groups excluding carboxylic acids is 1. The minimum absolute atomic E-state index is 0.0459. The average molecular weight is 345 g/mol. The smallest absolute Gasteiger partial charge is 0.234 e. The van der Waals surface area contributed by atoms with Gasteiger partial charge in [-0.1, -0.05) is 23.7 Å². The highest BCUT2D eigenvalue weighted by Crippen LogP contribution is 2.10. The van der Waals surface area contributed by atoms with Crippen LogP contribution in [0.1, 0.15) is 12.0 Å². The summed E-state index contributed by atoms with van der Waals surface area (Å²) in [6.45, 7) is 1.78. The monoisotopic (exact) mass is 344 g/mol. The van der Waals surface area contributed by atoms with Gasteiger partial charge in [0.05, 0.1) is 18.1 Å². The molecule has 7 heteroatoms. The Morgan fingerprint density at radius 1 is 1.18 bits per heavy atom. The Kier molecular flexibility index (Phi) is 6.23. The van der Waals surface area contributed by atoms with E-state index < -0.39 is 9.84 Å². The summed E-state index contributed by atoms with van der Waals surface area (Å²) in [5.41, 5.74) is 1.19. The van der Waals surface area contributed by atoms with E-state index in [1.165, 1.54) is 5.56 Å². The Bertz CT molecular complexity index is 588. The molecule has 0 saturated carbocycles. The number of rotatable bonds is 6. The van der Waals surface area contributed by atoms with Crippen molar-refractivity contribution in [3.63, 3.8) is 0 Å². The number of benzene rings is 1. The summed E-state index contributed by atoms with van der Waals surface area (Å²) in [7, 11) is -2.89. The summed E-state index contributed by atoms with van der Waals surface area (Å²) >= 11 is 5.83. The van der Waals surface area contributed by atoms with Crippen LogP contribution in [0.2, 0.25) is 5.02 Å². The predicted octanol–water partition coefficient (Wildman–Crippen LogP) is 1.12. The molecule has 0 unspecified atom stereocenters. The van der Waals surface area contributed by atoms with Crippen molar-refractivity contribution >= 4 is 27.3 Å². The molecule has 1 aliphatic heterocycles. The van der Waals surface area contributed by atoms with Gasteiger partial charge in [-0.3, -0.25) is 9.69 Å². The molecule has 5 nitrogen and oxygen atoms in total. The van der Waals surface area contributed by atoms with Crippen molar-refractivity contribution in [1.82, 2.24) is 10.2 Å². The Morgan fingerprint density at radius 3 is 2.45 bits per heavy atom. The van der Waals surface area contributed by atoms with Gasteiger partial charge in [-0.05, 0) is 30.5 Å². The van der Waals surface area contributed by atoms with Gasteiger partial charge in [0.1, 0.15) is 0 Å². The molecule has 1 N–H and O–H groups in total. The van der Waals surface area contributed by atoms with Gasteiger partial charge in [0.15, 0.2) is 9.84 Å². The minimum Gasteiger partial charge on any atom is -0.355 e. The second-order valence-electron chi connectivity index (χ2n) is 5.51. The molecule has 1 aromatic carbocycles. The number of sulfone groups is 1. The number of aryl methyl sites for hydroxylation is 1. The van der Waals surface area contributed by atoms with E-state index in [1.807, 2.05) is 29.2 Å². The second-order valence-corrected chi connectivity index (χ2v) is 8.25. The van der Waals surface area contributed by atoms with E-state index in [0.29, 0.717) is 19.6 Å². The lowest BCUT2D eigenvalue weighted by molar-refractivity contribution is -0.122.